The molecule has 4 heterocycles. The summed E-state index contributed by atoms with van der Waals surface area (Å²) in [5.74, 6) is 0.290. The van der Waals surface area contributed by atoms with E-state index in [2.05, 4.69) is 20.9 Å². The van der Waals surface area contributed by atoms with Gasteiger partial charge in [-0.05, 0) is 42.5 Å². The lowest BCUT2D eigenvalue weighted by atomic mass is 9.79. The van der Waals surface area contributed by atoms with E-state index in [1.54, 1.807) is 18.3 Å². The van der Waals surface area contributed by atoms with Crippen LogP contribution in [0.25, 0.3) is 10.4 Å². The average Bonchev–Trinajstić information content (AvgIpc) is 3.49. The molecule has 8 heteroatoms. The number of aromatic nitrogens is 2. The minimum Gasteiger partial charge on any atom is -0.462 e. The molecule has 1 aromatic carbocycles. The first-order chi connectivity index (χ1) is 15.6. The number of hydrogen-bond acceptors (Lipinski definition) is 7. The number of amides is 1. The highest BCUT2D eigenvalue weighted by atomic mass is 32.1. The van der Waals surface area contributed by atoms with Gasteiger partial charge in [0.15, 0.2) is 0 Å². The molecule has 0 aliphatic carbocycles. The minimum absolute atomic E-state index is 0.0875. The van der Waals surface area contributed by atoms with Crippen molar-refractivity contribution in [2.75, 3.05) is 37.7 Å². The maximum atomic E-state index is 13.1. The zero-order valence-electron chi connectivity index (χ0n) is 17.9. The van der Waals surface area contributed by atoms with Crippen molar-refractivity contribution >= 4 is 29.2 Å². The Morgan fingerprint density at radius 1 is 1.09 bits per heavy atom. The molecule has 1 spiro atoms. The SMILES string of the molecule is CCOC(=O)c1cnc(N2CC3(CCN(C(=O)c4cccc(-c5cccs5)c4)C3)C2)nc1. The Balaban J connectivity index is 1.21. The zero-order valence-corrected chi connectivity index (χ0v) is 18.7. The molecular weight excluding hydrogens is 424 g/mol. The second kappa shape index (κ2) is 8.35. The Morgan fingerprint density at radius 3 is 2.62 bits per heavy atom. The molecule has 0 bridgehead atoms. The van der Waals surface area contributed by atoms with Gasteiger partial charge in [-0.3, -0.25) is 4.79 Å². The van der Waals surface area contributed by atoms with E-state index < -0.39 is 5.97 Å². The minimum atomic E-state index is -0.410. The van der Waals surface area contributed by atoms with Gasteiger partial charge in [-0.15, -0.1) is 11.3 Å². The Hall–Kier alpha value is -3.26. The molecule has 0 saturated carbocycles. The standard InChI is InChI=1S/C24H24N4O3S/c1-2-31-22(30)19-12-25-23(26-13-19)28-15-24(16-28)8-9-27(14-24)21(29)18-6-3-5-17(11-18)20-7-4-10-32-20/h3-7,10-13H,2,8-9,14-16H2,1H3. The first-order valence-corrected chi connectivity index (χ1v) is 11.6. The van der Waals surface area contributed by atoms with Gasteiger partial charge in [0.25, 0.3) is 5.91 Å². The monoisotopic (exact) mass is 448 g/mol. The van der Waals surface area contributed by atoms with Gasteiger partial charge in [0.05, 0.1) is 12.2 Å². The van der Waals surface area contributed by atoms with Crippen LogP contribution in [0.5, 0.6) is 0 Å². The fraction of sp³-hybridized carbons (Fsp3) is 0.333. The second-order valence-corrected chi connectivity index (χ2v) is 9.33. The molecule has 0 N–H and O–H groups in total. The van der Waals surface area contributed by atoms with Crippen molar-refractivity contribution < 1.29 is 14.3 Å². The van der Waals surface area contributed by atoms with Crippen LogP contribution in [0.4, 0.5) is 5.95 Å². The maximum absolute atomic E-state index is 13.1. The van der Waals surface area contributed by atoms with Crippen LogP contribution in [0.2, 0.25) is 0 Å². The predicted molar refractivity (Wildman–Crippen MR) is 123 cm³/mol. The van der Waals surface area contributed by atoms with Crippen LogP contribution in [-0.4, -0.2) is 59.5 Å². The highest BCUT2D eigenvalue weighted by Crippen LogP contribution is 2.41. The summed E-state index contributed by atoms with van der Waals surface area (Å²) >= 11 is 1.68. The Bertz CT molecular complexity index is 1120. The van der Waals surface area contributed by atoms with E-state index in [4.69, 9.17) is 4.74 Å². The first-order valence-electron chi connectivity index (χ1n) is 10.7. The van der Waals surface area contributed by atoms with Gasteiger partial charge in [-0.2, -0.15) is 0 Å². The number of nitrogens with zero attached hydrogens (tertiary/aromatic N) is 4. The van der Waals surface area contributed by atoms with Gasteiger partial charge in [0.2, 0.25) is 5.95 Å². The van der Waals surface area contributed by atoms with Gasteiger partial charge < -0.3 is 14.5 Å². The number of benzene rings is 1. The summed E-state index contributed by atoms with van der Waals surface area (Å²) in [5.41, 5.74) is 2.26. The van der Waals surface area contributed by atoms with Crippen LogP contribution in [0.15, 0.2) is 54.2 Å². The van der Waals surface area contributed by atoms with E-state index in [1.165, 1.54) is 17.3 Å². The summed E-state index contributed by atoms with van der Waals surface area (Å²) in [4.78, 5) is 38.8. The van der Waals surface area contributed by atoms with Crippen LogP contribution in [-0.2, 0) is 4.74 Å². The molecule has 2 aromatic heterocycles. The van der Waals surface area contributed by atoms with Crippen LogP contribution in [0.1, 0.15) is 34.1 Å². The number of esters is 1. The molecule has 0 radical (unpaired) electrons. The molecule has 2 aliphatic rings. The molecule has 0 unspecified atom stereocenters. The van der Waals surface area contributed by atoms with E-state index >= 15 is 0 Å². The molecule has 2 aliphatic heterocycles. The van der Waals surface area contributed by atoms with Crippen LogP contribution in [0, 0.1) is 5.41 Å². The number of rotatable bonds is 5. The van der Waals surface area contributed by atoms with Crippen LogP contribution < -0.4 is 4.90 Å². The van der Waals surface area contributed by atoms with Crippen molar-refractivity contribution in [2.24, 2.45) is 5.41 Å². The topological polar surface area (TPSA) is 75.6 Å². The number of ether oxygens (including phenoxy) is 1. The summed E-state index contributed by atoms with van der Waals surface area (Å²) in [5, 5.41) is 2.05. The van der Waals surface area contributed by atoms with E-state index in [0.717, 1.165) is 43.7 Å². The van der Waals surface area contributed by atoms with Gasteiger partial charge in [-0.25, -0.2) is 14.8 Å². The van der Waals surface area contributed by atoms with Crippen molar-refractivity contribution in [1.82, 2.24) is 14.9 Å². The van der Waals surface area contributed by atoms with Crippen LogP contribution >= 0.6 is 11.3 Å². The van der Waals surface area contributed by atoms with Crippen LogP contribution in [0.3, 0.4) is 0 Å². The average molecular weight is 449 g/mol. The number of carbonyl (C=O) groups is 2. The van der Waals surface area contributed by atoms with E-state index in [9.17, 15) is 9.59 Å². The number of hydrogen-bond donors (Lipinski definition) is 0. The summed E-state index contributed by atoms with van der Waals surface area (Å²) in [6, 6.07) is 12.0. The van der Waals surface area contributed by atoms with Crippen molar-refractivity contribution in [3.8, 4) is 10.4 Å². The van der Waals surface area contributed by atoms with Gasteiger partial charge in [-0.1, -0.05) is 18.2 Å². The summed E-state index contributed by atoms with van der Waals surface area (Å²) in [7, 11) is 0. The number of thiophene rings is 1. The number of carbonyl (C=O) groups excluding carboxylic acids is 2. The third-order valence-corrected chi connectivity index (χ3v) is 7.04. The predicted octanol–water partition coefficient (Wildman–Crippen LogP) is 3.73. The molecule has 2 fully saturated rings. The Morgan fingerprint density at radius 2 is 1.91 bits per heavy atom. The van der Waals surface area contributed by atoms with Gasteiger partial charge in [0.1, 0.15) is 0 Å². The van der Waals surface area contributed by atoms with Gasteiger partial charge >= 0.3 is 5.97 Å². The summed E-state index contributed by atoms with van der Waals surface area (Å²) < 4.78 is 4.97. The molecule has 7 nitrogen and oxygen atoms in total. The molecular formula is C24H24N4O3S. The lowest BCUT2D eigenvalue weighted by Gasteiger charge is -2.47. The van der Waals surface area contributed by atoms with Gasteiger partial charge in [0, 0.05) is 54.4 Å². The highest BCUT2D eigenvalue weighted by molar-refractivity contribution is 7.13. The highest BCUT2D eigenvalue weighted by Gasteiger charge is 2.49. The fourth-order valence-corrected chi connectivity index (χ4v) is 5.23. The molecule has 3 aromatic rings. The largest absolute Gasteiger partial charge is 0.462 e. The van der Waals surface area contributed by atoms with Crippen molar-refractivity contribution in [2.45, 2.75) is 13.3 Å². The van der Waals surface area contributed by atoms with Crippen molar-refractivity contribution in [3.63, 3.8) is 0 Å². The van der Waals surface area contributed by atoms with E-state index in [-0.39, 0.29) is 11.3 Å². The number of likely N-dealkylation sites (tertiary alicyclic amines) is 1. The molecule has 2 saturated heterocycles. The summed E-state index contributed by atoms with van der Waals surface area (Å²) in [6.07, 6.45) is 3.99. The Labute approximate surface area is 190 Å². The molecule has 32 heavy (non-hydrogen) atoms. The van der Waals surface area contributed by atoms with E-state index in [1.807, 2.05) is 40.6 Å². The molecule has 164 valence electrons. The van der Waals surface area contributed by atoms with Crippen molar-refractivity contribution in [3.05, 3.63) is 65.3 Å². The zero-order chi connectivity index (χ0) is 22.1. The maximum Gasteiger partial charge on any atom is 0.341 e. The Kier molecular flexibility index (Phi) is 5.38. The quantitative estimate of drug-likeness (QED) is 0.554. The molecule has 0 atom stereocenters. The lowest BCUT2D eigenvalue weighted by Crippen LogP contribution is -2.58. The normalized spacial score (nSPS) is 16.8. The molecule has 5 rings (SSSR count). The smallest absolute Gasteiger partial charge is 0.341 e. The molecule has 1 amide bonds. The third kappa shape index (κ3) is 3.86. The summed E-state index contributed by atoms with van der Waals surface area (Å²) in [6.45, 7) is 5.21. The lowest BCUT2D eigenvalue weighted by molar-refractivity contribution is 0.0525. The first kappa shape index (κ1) is 20.6. The van der Waals surface area contributed by atoms with Crippen molar-refractivity contribution in [1.29, 1.82) is 0 Å². The number of anilines is 1. The van der Waals surface area contributed by atoms with E-state index in [0.29, 0.717) is 18.1 Å². The fourth-order valence-electron chi connectivity index (χ4n) is 4.51. The second-order valence-electron chi connectivity index (χ2n) is 8.38. The third-order valence-electron chi connectivity index (χ3n) is 6.13.